The second-order valence-corrected chi connectivity index (χ2v) is 16.8. The molecule has 47 heavy (non-hydrogen) atoms. The highest BCUT2D eigenvalue weighted by molar-refractivity contribution is 8.07. The summed E-state index contributed by atoms with van der Waals surface area (Å²) in [5.41, 5.74) is 11.2. The molecule has 3 aromatic heterocycles. The summed E-state index contributed by atoms with van der Waals surface area (Å²) in [6.45, 7) is -10.7. The number of nitrogen functional groups attached to an aromatic ring is 1. The number of anilines is 2. The van der Waals surface area contributed by atoms with E-state index in [0.29, 0.717) is 16.9 Å². The summed E-state index contributed by atoms with van der Waals surface area (Å²) in [6.07, 6.45) is -6.83. The van der Waals surface area contributed by atoms with Gasteiger partial charge in [0.1, 0.15) is 34.8 Å². The Morgan fingerprint density at radius 1 is 1.00 bits per heavy atom. The lowest BCUT2D eigenvalue weighted by Gasteiger charge is -2.33. The van der Waals surface area contributed by atoms with Crippen LogP contribution in [0.5, 0.6) is 0 Å². The van der Waals surface area contributed by atoms with Gasteiger partial charge >= 0.3 is 19.4 Å². The number of nitrogens with one attached hydrogen (secondary N) is 1. The van der Waals surface area contributed by atoms with Crippen molar-refractivity contribution in [2.24, 2.45) is 10.7 Å². The average molecular weight is 740 g/mol. The molecule has 3 aromatic rings. The number of aromatic nitrogens is 5. The number of fused-ring (bicyclic) bond motifs is 4. The van der Waals surface area contributed by atoms with Crippen molar-refractivity contribution in [2.45, 2.75) is 54.6 Å². The van der Waals surface area contributed by atoms with Gasteiger partial charge in [-0.05, 0) is 29.7 Å². The zero-order valence-corrected chi connectivity index (χ0v) is 26.9. The van der Waals surface area contributed by atoms with E-state index in [1.165, 1.54) is 17.1 Å². The molecule has 5 aliphatic rings. The van der Waals surface area contributed by atoms with Gasteiger partial charge in [0, 0.05) is 6.20 Å². The summed E-state index contributed by atoms with van der Waals surface area (Å²) in [6, 6.07) is 1.58. The molecule has 25 heteroatoms. The number of nitrogens with zero attached hydrogens (tertiary/aromatic N) is 6. The van der Waals surface area contributed by atoms with Gasteiger partial charge in [0.15, 0.2) is 42.5 Å². The molecule has 254 valence electrons. The molecule has 5 aliphatic heterocycles. The summed E-state index contributed by atoms with van der Waals surface area (Å²) < 4.78 is 75.1. The second-order valence-electron chi connectivity index (χ2n) is 11.2. The molecule has 0 aromatic carbocycles. The third-order valence-corrected chi connectivity index (χ3v) is 11.4. The van der Waals surface area contributed by atoms with Crippen LogP contribution >= 0.6 is 13.4 Å². The molecule has 10 atom stereocenters. The highest BCUT2D eigenvalue weighted by Crippen LogP contribution is 2.60. The summed E-state index contributed by atoms with van der Waals surface area (Å²) in [5.74, 6) is -4.19. The van der Waals surface area contributed by atoms with E-state index in [4.69, 9.17) is 67.4 Å². The number of hydrogen-bond acceptors (Lipinski definition) is 17. The molecule has 0 radical (unpaired) electrons. The first-order valence-electron chi connectivity index (χ1n) is 13.7. The normalized spacial score (nSPS) is 41.3. The van der Waals surface area contributed by atoms with Crippen LogP contribution in [0, 0.1) is 0 Å². The van der Waals surface area contributed by atoms with Gasteiger partial charge in [-0.1, -0.05) is 0 Å². The van der Waals surface area contributed by atoms with Crippen LogP contribution in [0.25, 0.3) is 11.2 Å². The Balaban J connectivity index is 1.14. The highest BCUT2D eigenvalue weighted by Gasteiger charge is 2.67. The molecule has 4 fully saturated rings. The topological polar surface area (TPSA) is 250 Å². The van der Waals surface area contributed by atoms with E-state index in [0.717, 1.165) is 10.9 Å². The minimum Gasteiger partial charge on any atom is -0.397 e. The van der Waals surface area contributed by atoms with Crippen LogP contribution in [0.15, 0.2) is 29.9 Å². The van der Waals surface area contributed by atoms with Gasteiger partial charge in [0.2, 0.25) is 0 Å². The van der Waals surface area contributed by atoms with Gasteiger partial charge in [0.05, 0.1) is 38.2 Å². The Bertz CT molecular complexity index is 1900. The van der Waals surface area contributed by atoms with Crippen molar-refractivity contribution in [1.82, 2.24) is 24.1 Å². The van der Waals surface area contributed by atoms with Gasteiger partial charge in [-0.15, -0.1) is 0 Å². The number of guanidine groups is 1. The molecule has 19 nitrogen and oxygen atoms in total. The van der Waals surface area contributed by atoms with Crippen molar-refractivity contribution in [1.29, 1.82) is 0 Å². The van der Waals surface area contributed by atoms with Crippen LogP contribution in [-0.2, 0) is 55.9 Å². The Labute approximate surface area is 272 Å². The molecule has 8 heterocycles. The lowest BCUT2D eigenvalue weighted by Crippen LogP contribution is -2.46. The smallest absolute Gasteiger partial charge is 0.325 e. The summed E-state index contributed by atoms with van der Waals surface area (Å²) in [4.78, 5) is 38.7. The maximum absolute atomic E-state index is 16.0. The van der Waals surface area contributed by atoms with Gasteiger partial charge in [-0.3, -0.25) is 18.2 Å². The monoisotopic (exact) mass is 739 g/mol. The predicted molar refractivity (Wildman–Crippen MR) is 160 cm³/mol. The zero-order valence-electron chi connectivity index (χ0n) is 23.5. The van der Waals surface area contributed by atoms with Crippen LogP contribution in [0.4, 0.5) is 20.3 Å². The van der Waals surface area contributed by atoms with E-state index in [2.05, 4.69) is 25.3 Å². The van der Waals surface area contributed by atoms with E-state index in [1.807, 2.05) is 0 Å². The van der Waals surface area contributed by atoms with Crippen molar-refractivity contribution >= 4 is 65.7 Å². The van der Waals surface area contributed by atoms with Crippen molar-refractivity contribution < 1.29 is 56.0 Å². The molecule has 4 bridgehead atoms. The lowest BCUT2D eigenvalue weighted by molar-refractivity contribution is -0.183. The van der Waals surface area contributed by atoms with Gasteiger partial charge < -0.3 is 54.9 Å². The van der Waals surface area contributed by atoms with Crippen LogP contribution in [0.3, 0.4) is 0 Å². The Kier molecular flexibility index (Phi) is 7.35. The van der Waals surface area contributed by atoms with Crippen LogP contribution in [0.1, 0.15) is 24.4 Å². The molecule has 8 N–H and O–H groups in total. The molecule has 4 saturated heterocycles. The number of pyridine rings is 1. The molecule has 8 rings (SSSR count). The number of aliphatic hydroxyl groups is 1. The first-order chi connectivity index (χ1) is 22.2. The number of ether oxygens (including phenoxy) is 3. The maximum atomic E-state index is 16.0. The molecular weight excluding hydrogens is 714 g/mol. The second kappa shape index (κ2) is 10.8. The minimum absolute atomic E-state index is 0.0330. The Morgan fingerprint density at radius 3 is 2.55 bits per heavy atom. The fourth-order valence-corrected chi connectivity index (χ4v) is 8.99. The van der Waals surface area contributed by atoms with Crippen molar-refractivity contribution in [3.63, 3.8) is 0 Å². The molecule has 0 amide bonds. The van der Waals surface area contributed by atoms with Gasteiger partial charge in [-0.2, -0.15) is 0 Å². The third kappa shape index (κ3) is 5.12. The van der Waals surface area contributed by atoms with E-state index in [-0.39, 0.29) is 24.1 Å². The number of alkyl halides is 2. The van der Waals surface area contributed by atoms with Crippen LogP contribution in [0.2, 0.25) is 0 Å². The number of halogens is 2. The quantitative estimate of drug-likeness (QED) is 0.191. The number of nitrogens with two attached hydrogens (primary N) is 2. The minimum atomic E-state index is -4.55. The standard InChI is InChI=1S/C22H25F2N9O10P2S2/c23-22(24)9-3-38-44(35,46)42-13-12-18(32-6-28-10-8(25)1-2-27-15(10)32)41-21(13,4-37-12)5-39-45(36,47)43-14(22)19(40-9)33-7-29-11-16(33)30-20(26)31-17(11)34/h1-2,6-7,9,12-14,17-19,34H,3-5H2,(H2,25,27)(H,35,46)(H,36,47)(H3,26,30,31)/t9-,12-,13+,14+,17?,18-,19-,21-,44?,45?/m1/s1. The fraction of sp³-hybridized carbons (Fsp3) is 0.545. The summed E-state index contributed by atoms with van der Waals surface area (Å²) >= 11 is 10.5. The SMILES string of the molecule is NC1=NC(O)c2ncn([C@@H]3O[C@@H]4COP(O)(=S)O[C@H]5[C@H]6OC[C@]5(COP(O)(=S)O[C@@H]3C4(F)F)O[C@H]6n3cnc4c(N)ccnc43)c2N1. The Morgan fingerprint density at radius 2 is 1.74 bits per heavy atom. The molecule has 0 spiro atoms. The number of rotatable bonds is 2. The number of imidazole rings is 2. The molecule has 0 aliphatic carbocycles. The largest absolute Gasteiger partial charge is 0.397 e. The van der Waals surface area contributed by atoms with Crippen molar-refractivity contribution in [3.8, 4) is 0 Å². The van der Waals surface area contributed by atoms with Crippen molar-refractivity contribution in [2.75, 3.05) is 30.9 Å². The van der Waals surface area contributed by atoms with E-state index < -0.39 is 81.3 Å². The average Bonchev–Trinajstić information content (AvgIpc) is 3.79. The van der Waals surface area contributed by atoms with E-state index in [9.17, 15) is 14.9 Å². The number of aliphatic hydroxyl groups excluding tert-OH is 1. The van der Waals surface area contributed by atoms with E-state index in [1.54, 1.807) is 6.07 Å². The zero-order chi connectivity index (χ0) is 33.1. The van der Waals surface area contributed by atoms with Gasteiger partial charge in [-0.25, -0.2) is 28.7 Å². The summed E-state index contributed by atoms with van der Waals surface area (Å²) in [7, 11) is 0. The number of hydrogen-bond donors (Lipinski definition) is 6. The maximum Gasteiger partial charge on any atom is 0.325 e. The molecule has 3 unspecified atom stereocenters. The Hall–Kier alpha value is -2.34. The molecular formula is C22H25F2N9O10P2S2. The van der Waals surface area contributed by atoms with Crippen molar-refractivity contribution in [3.05, 3.63) is 30.6 Å². The highest BCUT2D eigenvalue weighted by atomic mass is 32.5. The van der Waals surface area contributed by atoms with Crippen LogP contribution < -0.4 is 16.8 Å². The fourth-order valence-electron chi connectivity index (χ4n) is 6.14. The van der Waals surface area contributed by atoms with E-state index >= 15 is 8.78 Å². The number of aliphatic imine (C=N–C) groups is 1. The lowest BCUT2D eigenvalue weighted by atomic mass is 10.0. The van der Waals surface area contributed by atoms with Gasteiger partial charge in [0.25, 0.3) is 0 Å². The third-order valence-electron chi connectivity index (χ3n) is 8.31. The van der Waals surface area contributed by atoms with Crippen LogP contribution in [-0.4, -0.2) is 101 Å². The first kappa shape index (κ1) is 31.9. The first-order valence-corrected chi connectivity index (χ1v) is 18.9. The predicted octanol–water partition coefficient (Wildman–Crippen LogP) is 0.0912. The summed E-state index contributed by atoms with van der Waals surface area (Å²) in [5, 5.41) is 12.9. The molecule has 0 saturated carbocycles.